The SMILES string of the molecule is CCn1cc(CN2C(=O)CNC(C)C2=O)cn1. The van der Waals surface area contributed by atoms with Gasteiger partial charge < -0.3 is 0 Å². The molecule has 1 atom stereocenters. The highest BCUT2D eigenvalue weighted by molar-refractivity contribution is 6.00. The van der Waals surface area contributed by atoms with E-state index in [1.54, 1.807) is 17.8 Å². The van der Waals surface area contributed by atoms with E-state index in [0.717, 1.165) is 12.1 Å². The Hall–Kier alpha value is -1.69. The lowest BCUT2D eigenvalue weighted by Crippen LogP contribution is -2.56. The number of hydrogen-bond acceptors (Lipinski definition) is 4. The van der Waals surface area contributed by atoms with Crippen molar-refractivity contribution in [2.24, 2.45) is 0 Å². The summed E-state index contributed by atoms with van der Waals surface area (Å²) < 4.78 is 1.77. The number of aromatic nitrogens is 2. The van der Waals surface area contributed by atoms with E-state index in [4.69, 9.17) is 0 Å². The predicted octanol–water partition coefficient (Wildman–Crippen LogP) is -0.250. The summed E-state index contributed by atoms with van der Waals surface area (Å²) in [6.45, 7) is 5.05. The number of carbonyl (C=O) groups excluding carboxylic acids is 2. The Morgan fingerprint density at radius 1 is 1.53 bits per heavy atom. The van der Waals surface area contributed by atoms with Crippen molar-refractivity contribution in [1.29, 1.82) is 0 Å². The average Bonchev–Trinajstić information content (AvgIpc) is 2.77. The Morgan fingerprint density at radius 3 is 2.94 bits per heavy atom. The fraction of sp³-hybridized carbons (Fsp3) is 0.545. The zero-order chi connectivity index (χ0) is 12.4. The predicted molar refractivity (Wildman–Crippen MR) is 60.9 cm³/mol. The second-order valence-corrected chi connectivity index (χ2v) is 4.12. The van der Waals surface area contributed by atoms with Crippen LogP contribution in [0.2, 0.25) is 0 Å². The molecule has 0 bridgehead atoms. The van der Waals surface area contributed by atoms with E-state index in [0.29, 0.717) is 6.54 Å². The molecular formula is C11H16N4O2. The summed E-state index contributed by atoms with van der Waals surface area (Å²) in [5.41, 5.74) is 0.877. The van der Waals surface area contributed by atoms with E-state index in [1.165, 1.54) is 4.90 Å². The van der Waals surface area contributed by atoms with Gasteiger partial charge in [0.25, 0.3) is 0 Å². The number of aryl methyl sites for hydroxylation is 1. The third kappa shape index (κ3) is 2.36. The second-order valence-electron chi connectivity index (χ2n) is 4.12. The molecule has 0 aromatic carbocycles. The van der Waals surface area contributed by atoms with Crippen LogP contribution in [0.4, 0.5) is 0 Å². The van der Waals surface area contributed by atoms with Crippen molar-refractivity contribution in [2.45, 2.75) is 33.0 Å². The molecule has 1 aromatic rings. The maximum atomic E-state index is 11.8. The Labute approximate surface area is 99.6 Å². The van der Waals surface area contributed by atoms with Gasteiger partial charge in [-0.05, 0) is 13.8 Å². The molecule has 2 heterocycles. The van der Waals surface area contributed by atoms with Gasteiger partial charge in [-0.3, -0.25) is 24.5 Å². The Bertz CT molecular complexity index is 440. The van der Waals surface area contributed by atoms with E-state index in [2.05, 4.69) is 10.4 Å². The van der Waals surface area contributed by atoms with Crippen LogP contribution in [0.25, 0.3) is 0 Å². The van der Waals surface area contributed by atoms with Gasteiger partial charge in [0.1, 0.15) is 0 Å². The maximum absolute atomic E-state index is 11.8. The molecule has 1 aliphatic rings. The van der Waals surface area contributed by atoms with Gasteiger partial charge in [-0.1, -0.05) is 0 Å². The number of carbonyl (C=O) groups is 2. The first-order valence-corrected chi connectivity index (χ1v) is 5.70. The van der Waals surface area contributed by atoms with Crippen molar-refractivity contribution in [3.8, 4) is 0 Å². The smallest absolute Gasteiger partial charge is 0.246 e. The van der Waals surface area contributed by atoms with Crippen molar-refractivity contribution in [3.05, 3.63) is 18.0 Å². The number of nitrogens with one attached hydrogen (secondary N) is 1. The quantitative estimate of drug-likeness (QED) is 0.735. The molecule has 2 amide bonds. The Morgan fingerprint density at radius 2 is 2.29 bits per heavy atom. The Kier molecular flexibility index (Phi) is 3.23. The highest BCUT2D eigenvalue weighted by atomic mass is 16.2. The fourth-order valence-electron chi connectivity index (χ4n) is 1.79. The minimum Gasteiger partial charge on any atom is -0.298 e. The van der Waals surface area contributed by atoms with Crippen molar-refractivity contribution in [2.75, 3.05) is 6.54 Å². The zero-order valence-electron chi connectivity index (χ0n) is 10.0. The molecular weight excluding hydrogens is 220 g/mol. The van der Waals surface area contributed by atoms with Crippen LogP contribution in [0.3, 0.4) is 0 Å². The summed E-state index contributed by atoms with van der Waals surface area (Å²) in [7, 11) is 0. The lowest BCUT2D eigenvalue weighted by atomic mass is 10.2. The zero-order valence-corrected chi connectivity index (χ0v) is 10.0. The molecule has 92 valence electrons. The van der Waals surface area contributed by atoms with Gasteiger partial charge in [-0.15, -0.1) is 0 Å². The molecule has 0 radical (unpaired) electrons. The number of hydrogen-bond donors (Lipinski definition) is 1. The molecule has 0 saturated carbocycles. The molecule has 1 N–H and O–H groups in total. The van der Waals surface area contributed by atoms with Gasteiger partial charge in [0.15, 0.2) is 0 Å². The van der Waals surface area contributed by atoms with Gasteiger partial charge in [0.05, 0.1) is 25.3 Å². The number of amides is 2. The van der Waals surface area contributed by atoms with Crippen molar-refractivity contribution in [1.82, 2.24) is 20.0 Å². The van der Waals surface area contributed by atoms with Crippen LogP contribution in [-0.2, 0) is 22.7 Å². The van der Waals surface area contributed by atoms with E-state index >= 15 is 0 Å². The Balaban J connectivity index is 2.10. The van der Waals surface area contributed by atoms with Gasteiger partial charge in [0, 0.05) is 18.3 Å². The summed E-state index contributed by atoms with van der Waals surface area (Å²) >= 11 is 0. The lowest BCUT2D eigenvalue weighted by molar-refractivity contribution is -0.149. The van der Waals surface area contributed by atoms with E-state index < -0.39 is 0 Å². The molecule has 0 aliphatic carbocycles. The van der Waals surface area contributed by atoms with Crippen LogP contribution >= 0.6 is 0 Å². The standard InChI is InChI=1S/C11H16N4O2/c1-3-14-6-9(4-13-14)7-15-10(16)5-12-8(2)11(15)17/h4,6,8,12H,3,5,7H2,1-2H3. The maximum Gasteiger partial charge on any atom is 0.246 e. The summed E-state index contributed by atoms with van der Waals surface area (Å²) in [6, 6.07) is -0.297. The topological polar surface area (TPSA) is 67.2 Å². The monoisotopic (exact) mass is 236 g/mol. The van der Waals surface area contributed by atoms with Gasteiger partial charge in [-0.2, -0.15) is 5.10 Å². The van der Waals surface area contributed by atoms with E-state index in [9.17, 15) is 9.59 Å². The number of nitrogens with zero attached hydrogens (tertiary/aromatic N) is 3. The molecule has 1 aromatic heterocycles. The first-order valence-electron chi connectivity index (χ1n) is 5.70. The highest BCUT2D eigenvalue weighted by Gasteiger charge is 2.31. The summed E-state index contributed by atoms with van der Waals surface area (Å²) in [5.74, 6) is -0.358. The van der Waals surface area contributed by atoms with E-state index in [-0.39, 0.29) is 24.4 Å². The normalized spacial score (nSPS) is 21.1. The molecule has 6 nitrogen and oxygen atoms in total. The van der Waals surface area contributed by atoms with Gasteiger partial charge >= 0.3 is 0 Å². The minimum absolute atomic E-state index is 0.175. The van der Waals surface area contributed by atoms with Crippen LogP contribution in [0.1, 0.15) is 19.4 Å². The summed E-state index contributed by atoms with van der Waals surface area (Å²) in [4.78, 5) is 24.8. The first-order chi connectivity index (χ1) is 8.11. The number of imide groups is 1. The van der Waals surface area contributed by atoms with Gasteiger partial charge in [-0.25, -0.2) is 0 Å². The number of rotatable bonds is 3. The third-order valence-electron chi connectivity index (χ3n) is 2.85. The highest BCUT2D eigenvalue weighted by Crippen LogP contribution is 2.09. The molecule has 1 unspecified atom stereocenters. The first kappa shape index (κ1) is 11.8. The molecule has 1 aliphatic heterocycles. The number of piperazine rings is 1. The molecule has 6 heteroatoms. The van der Waals surface area contributed by atoms with Crippen LogP contribution < -0.4 is 5.32 Å². The lowest BCUT2D eigenvalue weighted by Gasteiger charge is -2.29. The minimum atomic E-state index is -0.297. The van der Waals surface area contributed by atoms with Crippen LogP contribution in [0.5, 0.6) is 0 Å². The van der Waals surface area contributed by atoms with E-state index in [1.807, 2.05) is 13.1 Å². The summed E-state index contributed by atoms with van der Waals surface area (Å²) in [5, 5.41) is 6.97. The van der Waals surface area contributed by atoms with Crippen molar-refractivity contribution in [3.63, 3.8) is 0 Å². The molecule has 0 spiro atoms. The van der Waals surface area contributed by atoms with Gasteiger partial charge in [0.2, 0.25) is 11.8 Å². The third-order valence-corrected chi connectivity index (χ3v) is 2.85. The van der Waals surface area contributed by atoms with Crippen molar-refractivity contribution >= 4 is 11.8 Å². The average molecular weight is 236 g/mol. The molecule has 2 rings (SSSR count). The van der Waals surface area contributed by atoms with Crippen LogP contribution in [0.15, 0.2) is 12.4 Å². The molecule has 17 heavy (non-hydrogen) atoms. The molecule has 1 saturated heterocycles. The van der Waals surface area contributed by atoms with Crippen LogP contribution in [-0.4, -0.2) is 39.1 Å². The second kappa shape index (κ2) is 4.67. The fourth-order valence-corrected chi connectivity index (χ4v) is 1.79. The largest absolute Gasteiger partial charge is 0.298 e. The summed E-state index contributed by atoms with van der Waals surface area (Å²) in [6.07, 6.45) is 3.55. The molecule has 1 fully saturated rings. The van der Waals surface area contributed by atoms with Crippen molar-refractivity contribution < 1.29 is 9.59 Å². The van der Waals surface area contributed by atoms with Crippen LogP contribution in [0, 0.1) is 0 Å².